The zero-order valence-corrected chi connectivity index (χ0v) is 23.3. The second-order valence-corrected chi connectivity index (χ2v) is 11.0. The van der Waals surface area contributed by atoms with E-state index < -0.39 is 28.5 Å². The Labute approximate surface area is 225 Å². The van der Waals surface area contributed by atoms with Crippen molar-refractivity contribution in [2.45, 2.75) is 45.2 Å². The fraction of sp³-hybridized carbons (Fsp3) is 0.310. The lowest BCUT2D eigenvalue weighted by atomic mass is 10.1. The van der Waals surface area contributed by atoms with Gasteiger partial charge >= 0.3 is 0 Å². The van der Waals surface area contributed by atoms with Crippen LogP contribution in [0.15, 0.2) is 77.7 Å². The van der Waals surface area contributed by atoms with Gasteiger partial charge in [0.15, 0.2) is 0 Å². The molecule has 0 spiro atoms. The molecular formula is C29H35N3O5S. The van der Waals surface area contributed by atoms with Crippen LogP contribution in [0.1, 0.15) is 30.5 Å². The molecule has 0 saturated carbocycles. The number of aryl methyl sites for hydroxylation is 2. The van der Waals surface area contributed by atoms with E-state index in [9.17, 15) is 18.0 Å². The highest BCUT2D eigenvalue weighted by Gasteiger charge is 2.32. The topological polar surface area (TPSA) is 96.0 Å². The number of rotatable bonds is 11. The lowest BCUT2D eigenvalue weighted by Gasteiger charge is -2.32. The molecule has 2 amide bonds. The van der Waals surface area contributed by atoms with Crippen molar-refractivity contribution in [2.24, 2.45) is 0 Å². The van der Waals surface area contributed by atoms with Gasteiger partial charge in [-0.2, -0.15) is 0 Å². The smallest absolute Gasteiger partial charge is 0.264 e. The van der Waals surface area contributed by atoms with Gasteiger partial charge in [0.1, 0.15) is 18.3 Å². The summed E-state index contributed by atoms with van der Waals surface area (Å²) >= 11 is 0. The number of nitrogens with zero attached hydrogens (tertiary/aromatic N) is 2. The maximum atomic E-state index is 13.8. The summed E-state index contributed by atoms with van der Waals surface area (Å²) in [6.45, 7) is 7.26. The molecule has 0 saturated heterocycles. The highest BCUT2D eigenvalue weighted by Crippen LogP contribution is 2.25. The van der Waals surface area contributed by atoms with Crippen molar-refractivity contribution in [1.29, 1.82) is 0 Å². The molecule has 1 atom stereocenters. The van der Waals surface area contributed by atoms with Crippen molar-refractivity contribution in [2.75, 3.05) is 24.5 Å². The lowest BCUT2D eigenvalue weighted by molar-refractivity contribution is -0.139. The standard InChI is InChI=1S/C29H35N3O5S/c1-6-30-29(34)23(4)31(19-24-11-15-26(37-5)16-12-24)28(33)20-32(25-13-7-21(2)8-14-25)38(35,36)27-17-9-22(3)10-18-27/h7-18,23H,6,19-20H2,1-5H3,(H,30,34)/t23-/m1/s1. The van der Waals surface area contributed by atoms with Gasteiger partial charge in [0, 0.05) is 13.1 Å². The molecule has 3 aromatic rings. The summed E-state index contributed by atoms with van der Waals surface area (Å²) < 4.78 is 33.9. The molecule has 0 aliphatic rings. The molecule has 0 unspecified atom stereocenters. The number of amides is 2. The molecule has 3 rings (SSSR count). The number of methoxy groups -OCH3 is 1. The van der Waals surface area contributed by atoms with E-state index in [1.54, 1.807) is 69.5 Å². The van der Waals surface area contributed by atoms with Crippen LogP contribution in [-0.2, 0) is 26.2 Å². The number of sulfonamides is 1. The summed E-state index contributed by atoms with van der Waals surface area (Å²) in [7, 11) is -2.52. The van der Waals surface area contributed by atoms with Crippen LogP contribution >= 0.6 is 0 Å². The number of carbonyl (C=O) groups is 2. The number of ether oxygens (including phenoxy) is 1. The van der Waals surface area contributed by atoms with Crippen LogP contribution in [-0.4, -0.2) is 51.4 Å². The maximum Gasteiger partial charge on any atom is 0.264 e. The van der Waals surface area contributed by atoms with E-state index in [0.29, 0.717) is 18.0 Å². The Balaban J connectivity index is 2.01. The van der Waals surface area contributed by atoms with E-state index in [2.05, 4.69) is 5.32 Å². The first kappa shape index (κ1) is 28.7. The Kier molecular flexibility index (Phi) is 9.52. The third kappa shape index (κ3) is 6.92. The second kappa shape index (κ2) is 12.6. The average Bonchev–Trinajstić information content (AvgIpc) is 2.91. The van der Waals surface area contributed by atoms with Crippen molar-refractivity contribution in [3.8, 4) is 5.75 Å². The Morgan fingerprint density at radius 1 is 0.895 bits per heavy atom. The van der Waals surface area contributed by atoms with Crippen LogP contribution in [0, 0.1) is 13.8 Å². The Bertz CT molecular complexity index is 1340. The molecule has 9 heteroatoms. The first-order valence-corrected chi connectivity index (χ1v) is 13.9. The molecule has 38 heavy (non-hydrogen) atoms. The molecule has 0 aliphatic carbocycles. The van der Waals surface area contributed by atoms with Crippen molar-refractivity contribution in [3.63, 3.8) is 0 Å². The third-order valence-electron chi connectivity index (χ3n) is 6.24. The van der Waals surface area contributed by atoms with Crippen LogP contribution < -0.4 is 14.4 Å². The van der Waals surface area contributed by atoms with Crippen molar-refractivity contribution >= 4 is 27.5 Å². The third-order valence-corrected chi connectivity index (χ3v) is 8.03. The van der Waals surface area contributed by atoms with Gasteiger partial charge in [0.25, 0.3) is 10.0 Å². The summed E-state index contributed by atoms with van der Waals surface area (Å²) in [5, 5.41) is 2.75. The summed E-state index contributed by atoms with van der Waals surface area (Å²) in [5.41, 5.74) is 3.01. The van der Waals surface area contributed by atoms with Crippen molar-refractivity contribution < 1.29 is 22.7 Å². The Hall–Kier alpha value is -3.85. The van der Waals surface area contributed by atoms with Gasteiger partial charge in [-0.05, 0) is 69.7 Å². The normalized spacial score (nSPS) is 11.9. The lowest BCUT2D eigenvalue weighted by Crippen LogP contribution is -2.51. The molecule has 3 aromatic carbocycles. The maximum absolute atomic E-state index is 13.8. The number of likely N-dealkylation sites (N-methyl/N-ethyl adjacent to an activating group) is 1. The Morgan fingerprint density at radius 3 is 1.97 bits per heavy atom. The largest absolute Gasteiger partial charge is 0.497 e. The second-order valence-electron chi connectivity index (χ2n) is 9.10. The average molecular weight is 538 g/mol. The van der Waals surface area contributed by atoms with E-state index in [0.717, 1.165) is 21.0 Å². The fourth-order valence-electron chi connectivity index (χ4n) is 3.91. The summed E-state index contributed by atoms with van der Waals surface area (Å²) in [6.07, 6.45) is 0. The monoisotopic (exact) mass is 537 g/mol. The Morgan fingerprint density at radius 2 is 1.45 bits per heavy atom. The molecule has 0 fully saturated rings. The van der Waals surface area contributed by atoms with Crippen LogP contribution in [0.3, 0.4) is 0 Å². The van der Waals surface area contributed by atoms with Crippen LogP contribution in [0.25, 0.3) is 0 Å². The SMILES string of the molecule is CCNC(=O)[C@@H](C)N(Cc1ccc(OC)cc1)C(=O)CN(c1ccc(C)cc1)S(=O)(=O)c1ccc(C)cc1. The first-order valence-electron chi connectivity index (χ1n) is 12.4. The highest BCUT2D eigenvalue weighted by atomic mass is 32.2. The van der Waals surface area contributed by atoms with Gasteiger partial charge in [-0.3, -0.25) is 13.9 Å². The van der Waals surface area contributed by atoms with Gasteiger partial charge < -0.3 is 15.0 Å². The van der Waals surface area contributed by atoms with Gasteiger partial charge in [-0.15, -0.1) is 0 Å². The zero-order chi connectivity index (χ0) is 27.9. The highest BCUT2D eigenvalue weighted by molar-refractivity contribution is 7.92. The zero-order valence-electron chi connectivity index (χ0n) is 22.5. The van der Waals surface area contributed by atoms with Gasteiger partial charge in [0.05, 0.1) is 17.7 Å². The van der Waals surface area contributed by atoms with E-state index in [4.69, 9.17) is 4.74 Å². The fourth-order valence-corrected chi connectivity index (χ4v) is 5.32. The number of carbonyl (C=O) groups excluding carboxylic acids is 2. The van der Waals surface area contributed by atoms with Gasteiger partial charge in [0.2, 0.25) is 11.8 Å². The predicted molar refractivity (Wildman–Crippen MR) is 149 cm³/mol. The molecular weight excluding hydrogens is 502 g/mol. The van der Waals surface area contributed by atoms with Gasteiger partial charge in [-0.25, -0.2) is 8.42 Å². The minimum atomic E-state index is -4.08. The van der Waals surface area contributed by atoms with Gasteiger partial charge in [-0.1, -0.05) is 47.5 Å². The van der Waals surface area contributed by atoms with Crippen molar-refractivity contribution in [3.05, 3.63) is 89.5 Å². The van der Waals surface area contributed by atoms with E-state index in [1.807, 2.05) is 26.0 Å². The number of hydrogen-bond donors (Lipinski definition) is 1. The summed E-state index contributed by atoms with van der Waals surface area (Å²) in [4.78, 5) is 28.1. The van der Waals surface area contributed by atoms with Crippen molar-refractivity contribution in [1.82, 2.24) is 10.2 Å². The molecule has 0 bridgehead atoms. The first-order chi connectivity index (χ1) is 18.1. The minimum absolute atomic E-state index is 0.0787. The molecule has 8 nitrogen and oxygen atoms in total. The summed E-state index contributed by atoms with van der Waals surface area (Å²) in [5.74, 6) is -0.161. The van der Waals surface area contributed by atoms with Crippen LogP contribution in [0.2, 0.25) is 0 Å². The number of benzene rings is 3. The number of nitrogens with one attached hydrogen (secondary N) is 1. The van der Waals surface area contributed by atoms with E-state index >= 15 is 0 Å². The van der Waals surface area contributed by atoms with E-state index in [-0.39, 0.29) is 17.3 Å². The predicted octanol–water partition coefficient (Wildman–Crippen LogP) is 4.06. The molecule has 0 heterocycles. The number of anilines is 1. The number of hydrogen-bond acceptors (Lipinski definition) is 5. The molecule has 202 valence electrons. The van der Waals surface area contributed by atoms with Crippen LogP contribution in [0.4, 0.5) is 5.69 Å². The quantitative estimate of drug-likeness (QED) is 0.398. The molecule has 0 aliphatic heterocycles. The molecule has 1 N–H and O–H groups in total. The minimum Gasteiger partial charge on any atom is -0.497 e. The van der Waals surface area contributed by atoms with Crippen LogP contribution in [0.5, 0.6) is 5.75 Å². The molecule has 0 radical (unpaired) electrons. The van der Waals surface area contributed by atoms with E-state index in [1.165, 1.54) is 17.0 Å². The summed E-state index contributed by atoms with van der Waals surface area (Å²) in [6, 6.07) is 19.8. The molecule has 0 aromatic heterocycles.